The third-order valence-corrected chi connectivity index (χ3v) is 6.02. The predicted molar refractivity (Wildman–Crippen MR) is 122 cm³/mol. The fourth-order valence-corrected chi connectivity index (χ4v) is 4.12. The van der Waals surface area contributed by atoms with Crippen LogP contribution in [-0.2, 0) is 34.0 Å². The number of amides is 1. The van der Waals surface area contributed by atoms with Crippen molar-refractivity contribution in [3.8, 4) is 0 Å². The van der Waals surface area contributed by atoms with E-state index in [0.717, 1.165) is 37.2 Å². The summed E-state index contributed by atoms with van der Waals surface area (Å²) in [5, 5.41) is 9.16. The summed E-state index contributed by atoms with van der Waals surface area (Å²) in [6, 6.07) is 18.1. The van der Waals surface area contributed by atoms with Crippen molar-refractivity contribution in [3.63, 3.8) is 0 Å². The first-order valence-corrected chi connectivity index (χ1v) is 11.3. The molecule has 2 aliphatic heterocycles. The second-order valence-electron chi connectivity index (χ2n) is 8.63. The number of ether oxygens (including phenoxy) is 2. The van der Waals surface area contributed by atoms with Crippen LogP contribution in [0.5, 0.6) is 0 Å². The van der Waals surface area contributed by atoms with E-state index in [1.54, 1.807) is 0 Å². The summed E-state index contributed by atoms with van der Waals surface area (Å²) in [4.78, 5) is 17.4. The molecule has 0 bridgehead atoms. The Morgan fingerprint density at radius 1 is 1.00 bits per heavy atom. The lowest BCUT2D eigenvalue weighted by Crippen LogP contribution is -2.49. The topological polar surface area (TPSA) is 62.2 Å². The first kappa shape index (κ1) is 22.5. The maximum absolute atomic E-state index is 13.1. The van der Waals surface area contributed by atoms with E-state index in [-0.39, 0.29) is 18.4 Å². The van der Waals surface area contributed by atoms with E-state index in [1.807, 2.05) is 41.3 Å². The Bertz CT molecular complexity index is 905. The molecule has 4 rings (SSSR count). The Balaban J connectivity index is 1.27. The van der Waals surface area contributed by atoms with E-state index in [0.29, 0.717) is 25.5 Å². The third-order valence-electron chi connectivity index (χ3n) is 6.02. The van der Waals surface area contributed by atoms with Gasteiger partial charge in [-0.15, -0.1) is 0 Å². The number of aliphatic hydroxyl groups excluding tert-OH is 1. The second kappa shape index (κ2) is 10.8. The normalized spacial score (nSPS) is 21.7. The fourth-order valence-electron chi connectivity index (χ4n) is 4.12. The molecule has 2 atom stereocenters. The highest BCUT2D eigenvalue weighted by atomic mass is 16.7. The van der Waals surface area contributed by atoms with Gasteiger partial charge in [-0.05, 0) is 28.7 Å². The lowest BCUT2D eigenvalue weighted by atomic mass is 10.0. The average Bonchev–Trinajstić information content (AvgIpc) is 2.83. The van der Waals surface area contributed by atoms with Gasteiger partial charge in [0, 0.05) is 39.1 Å². The molecule has 2 aromatic carbocycles. The molecular weight excluding hydrogens is 404 g/mol. The zero-order valence-corrected chi connectivity index (χ0v) is 18.7. The van der Waals surface area contributed by atoms with Crippen LogP contribution < -0.4 is 0 Å². The fraction of sp³-hybridized carbons (Fsp3) is 0.423. The van der Waals surface area contributed by atoms with E-state index >= 15 is 0 Å². The molecule has 6 heteroatoms. The Hall–Kier alpha value is -2.67. The molecule has 170 valence electrons. The van der Waals surface area contributed by atoms with Crippen molar-refractivity contribution in [1.82, 2.24) is 9.80 Å². The van der Waals surface area contributed by atoms with Crippen LogP contribution in [0.4, 0.5) is 0 Å². The van der Waals surface area contributed by atoms with Crippen LogP contribution in [0.3, 0.4) is 0 Å². The summed E-state index contributed by atoms with van der Waals surface area (Å²) in [7, 11) is 0. The molecule has 2 heterocycles. The second-order valence-corrected chi connectivity index (χ2v) is 8.63. The molecule has 32 heavy (non-hydrogen) atoms. The molecule has 6 nitrogen and oxygen atoms in total. The van der Waals surface area contributed by atoms with Crippen LogP contribution in [0.1, 0.15) is 30.0 Å². The number of carbonyl (C=O) groups is 1. The minimum absolute atomic E-state index is 0.0289. The van der Waals surface area contributed by atoms with Gasteiger partial charge in [-0.1, -0.05) is 61.5 Å². The van der Waals surface area contributed by atoms with Gasteiger partial charge in [-0.2, -0.15) is 0 Å². The molecule has 1 fully saturated rings. The first-order chi connectivity index (χ1) is 15.6. The van der Waals surface area contributed by atoms with Crippen molar-refractivity contribution in [2.75, 3.05) is 26.2 Å². The Morgan fingerprint density at radius 3 is 2.38 bits per heavy atom. The van der Waals surface area contributed by atoms with Gasteiger partial charge in [0.25, 0.3) is 5.91 Å². The highest BCUT2D eigenvalue weighted by molar-refractivity contribution is 5.91. The van der Waals surface area contributed by atoms with Crippen LogP contribution in [0.25, 0.3) is 0 Å². The summed E-state index contributed by atoms with van der Waals surface area (Å²) < 4.78 is 11.9. The van der Waals surface area contributed by atoms with Crippen molar-refractivity contribution in [2.45, 2.75) is 39.4 Å². The molecule has 2 aromatic rings. The zero-order chi connectivity index (χ0) is 22.3. The van der Waals surface area contributed by atoms with E-state index in [2.05, 4.69) is 36.1 Å². The summed E-state index contributed by atoms with van der Waals surface area (Å²) >= 11 is 0. The van der Waals surface area contributed by atoms with Gasteiger partial charge in [-0.3, -0.25) is 9.69 Å². The Morgan fingerprint density at radius 2 is 1.69 bits per heavy atom. The summed E-state index contributed by atoms with van der Waals surface area (Å²) in [6.07, 6.45) is 2.20. The summed E-state index contributed by atoms with van der Waals surface area (Å²) in [5.41, 5.74) is 3.18. The summed E-state index contributed by atoms with van der Waals surface area (Å²) in [5.74, 6) is 0.571. The smallest absolute Gasteiger partial charge is 0.288 e. The molecule has 0 saturated carbocycles. The van der Waals surface area contributed by atoms with Crippen molar-refractivity contribution in [2.24, 2.45) is 5.92 Å². The van der Waals surface area contributed by atoms with Crippen molar-refractivity contribution in [3.05, 3.63) is 83.1 Å². The van der Waals surface area contributed by atoms with Gasteiger partial charge in [0.05, 0.1) is 13.2 Å². The molecule has 1 N–H and O–H groups in total. The largest absolute Gasteiger partial charge is 0.459 e. The standard InChI is InChI=1S/C26H32N2O4/c1-20-15-24(32-25(16-20)31-19-23-9-7-22(18-29)8-10-23)26(30)28-13-11-27(12-14-28)17-21-5-3-2-4-6-21/h2-10,15,20,25,29H,11-14,16-19H2,1H3/t20-,25+/m1/s1. The molecule has 0 spiro atoms. The quantitative estimate of drug-likeness (QED) is 0.722. The average molecular weight is 437 g/mol. The van der Waals surface area contributed by atoms with E-state index in [9.17, 15) is 4.79 Å². The van der Waals surface area contributed by atoms with E-state index < -0.39 is 6.29 Å². The maximum Gasteiger partial charge on any atom is 0.288 e. The molecule has 0 aliphatic carbocycles. The summed E-state index contributed by atoms with van der Waals surface area (Å²) in [6.45, 7) is 6.53. The Labute approximate surface area is 190 Å². The van der Waals surface area contributed by atoms with Crippen molar-refractivity contribution in [1.29, 1.82) is 0 Å². The van der Waals surface area contributed by atoms with Crippen molar-refractivity contribution >= 4 is 5.91 Å². The molecular formula is C26H32N2O4. The molecule has 0 unspecified atom stereocenters. The van der Waals surface area contributed by atoms with Crippen LogP contribution in [0, 0.1) is 5.92 Å². The van der Waals surface area contributed by atoms with Crippen LogP contribution >= 0.6 is 0 Å². The van der Waals surface area contributed by atoms with E-state index in [4.69, 9.17) is 14.6 Å². The Kier molecular flexibility index (Phi) is 7.58. The molecule has 1 amide bonds. The minimum atomic E-state index is -0.439. The van der Waals surface area contributed by atoms with Gasteiger partial charge in [0.1, 0.15) is 0 Å². The molecule has 1 saturated heterocycles. The molecule has 0 aromatic heterocycles. The highest BCUT2D eigenvalue weighted by Gasteiger charge is 2.30. The van der Waals surface area contributed by atoms with Gasteiger partial charge in [-0.25, -0.2) is 0 Å². The number of nitrogens with zero attached hydrogens (tertiary/aromatic N) is 2. The van der Waals surface area contributed by atoms with Gasteiger partial charge in [0.15, 0.2) is 5.76 Å². The first-order valence-electron chi connectivity index (χ1n) is 11.3. The zero-order valence-electron chi connectivity index (χ0n) is 18.7. The number of hydrogen-bond acceptors (Lipinski definition) is 5. The maximum atomic E-state index is 13.1. The number of allylic oxidation sites excluding steroid dienone is 1. The van der Waals surface area contributed by atoms with Gasteiger partial charge >= 0.3 is 0 Å². The number of piperazine rings is 1. The molecule has 0 radical (unpaired) electrons. The number of aliphatic hydroxyl groups is 1. The van der Waals surface area contributed by atoms with Crippen LogP contribution in [0.2, 0.25) is 0 Å². The minimum Gasteiger partial charge on any atom is -0.459 e. The monoisotopic (exact) mass is 436 g/mol. The molecule has 2 aliphatic rings. The highest BCUT2D eigenvalue weighted by Crippen LogP contribution is 2.25. The van der Waals surface area contributed by atoms with Gasteiger partial charge < -0.3 is 19.5 Å². The number of carbonyl (C=O) groups excluding carboxylic acids is 1. The third kappa shape index (κ3) is 5.97. The van der Waals surface area contributed by atoms with Gasteiger partial charge in [0.2, 0.25) is 6.29 Å². The number of benzene rings is 2. The number of hydrogen-bond donors (Lipinski definition) is 1. The lowest BCUT2D eigenvalue weighted by molar-refractivity contribution is -0.159. The van der Waals surface area contributed by atoms with Crippen LogP contribution in [0.15, 0.2) is 66.4 Å². The predicted octanol–water partition coefficient (Wildman–Crippen LogP) is 3.31. The number of rotatable bonds is 7. The van der Waals surface area contributed by atoms with E-state index in [1.165, 1.54) is 5.56 Å². The SMILES string of the molecule is C[C@@H]1C=C(C(=O)N2CCN(Cc3ccccc3)CC2)O[C@H](OCc2ccc(CO)cc2)C1. The van der Waals surface area contributed by atoms with Crippen molar-refractivity contribution < 1.29 is 19.4 Å². The van der Waals surface area contributed by atoms with Crippen LogP contribution in [-0.4, -0.2) is 53.3 Å². The lowest BCUT2D eigenvalue weighted by Gasteiger charge is -2.36.